The van der Waals surface area contributed by atoms with E-state index in [0.29, 0.717) is 53.2 Å². The summed E-state index contributed by atoms with van der Waals surface area (Å²) in [6.45, 7) is 2.82. The molecule has 1 amide bonds. The van der Waals surface area contributed by atoms with Crippen LogP contribution in [-0.4, -0.2) is 68.7 Å². The molecular formula is C27H31ClN4O6. The number of carbonyl (C=O) groups is 2. The summed E-state index contributed by atoms with van der Waals surface area (Å²) in [6.07, 6.45) is 0.351. The molecule has 1 aromatic heterocycles. The van der Waals surface area contributed by atoms with Crippen LogP contribution in [0.25, 0.3) is 0 Å². The molecule has 0 fully saturated rings. The van der Waals surface area contributed by atoms with E-state index in [0.717, 1.165) is 5.56 Å². The maximum Gasteiger partial charge on any atom is 0.359 e. The molecule has 0 bridgehead atoms. The van der Waals surface area contributed by atoms with E-state index >= 15 is 0 Å². The van der Waals surface area contributed by atoms with Crippen molar-refractivity contribution in [2.75, 3.05) is 45.9 Å². The minimum Gasteiger partial charge on any atom is -0.493 e. The van der Waals surface area contributed by atoms with Gasteiger partial charge < -0.3 is 29.2 Å². The van der Waals surface area contributed by atoms with Crippen molar-refractivity contribution >= 4 is 29.2 Å². The minimum atomic E-state index is -0.631. The van der Waals surface area contributed by atoms with Gasteiger partial charge in [-0.1, -0.05) is 41.9 Å². The molecular weight excluding hydrogens is 512 g/mol. The molecule has 0 spiro atoms. The number of fused-ring (bicyclic) bond motifs is 1. The van der Waals surface area contributed by atoms with E-state index < -0.39 is 12.0 Å². The fourth-order valence-electron chi connectivity index (χ4n) is 4.27. The summed E-state index contributed by atoms with van der Waals surface area (Å²) in [6, 6.07) is 12.5. The Morgan fingerprint density at radius 1 is 1.18 bits per heavy atom. The predicted octanol–water partition coefficient (Wildman–Crippen LogP) is 3.33. The molecule has 1 atom stereocenters. The lowest BCUT2D eigenvalue weighted by Crippen LogP contribution is -2.47. The zero-order valence-electron chi connectivity index (χ0n) is 21.8. The number of esters is 1. The molecule has 3 aromatic rings. The van der Waals surface area contributed by atoms with Crippen molar-refractivity contribution in [3.05, 3.63) is 64.4 Å². The summed E-state index contributed by atoms with van der Waals surface area (Å²) in [4.78, 5) is 27.4. The number of hydrogen-bond acceptors (Lipinski definition) is 8. The van der Waals surface area contributed by atoms with Gasteiger partial charge in [0.1, 0.15) is 23.6 Å². The van der Waals surface area contributed by atoms with Gasteiger partial charge in [-0.15, -0.1) is 0 Å². The van der Waals surface area contributed by atoms with Crippen molar-refractivity contribution in [2.24, 2.45) is 0 Å². The number of methoxy groups -OCH3 is 2. The van der Waals surface area contributed by atoms with E-state index in [2.05, 4.69) is 10.4 Å². The van der Waals surface area contributed by atoms with E-state index in [4.69, 9.17) is 30.5 Å². The van der Waals surface area contributed by atoms with Gasteiger partial charge in [-0.3, -0.25) is 4.79 Å². The highest BCUT2D eigenvalue weighted by atomic mass is 35.5. The van der Waals surface area contributed by atoms with Crippen LogP contribution in [0, 0.1) is 0 Å². The topological polar surface area (TPSA) is 104 Å². The SMILES string of the molecule is CCOC(=O)c1nn(Cc2ccccc2)c(Cl)c1CCN[C@H]1COc2cc(OC)c(OC)cc2N(C)C1=O. The maximum atomic E-state index is 13.2. The van der Waals surface area contributed by atoms with E-state index in [1.54, 1.807) is 30.8 Å². The van der Waals surface area contributed by atoms with Gasteiger partial charge in [0.25, 0.3) is 0 Å². The van der Waals surface area contributed by atoms with Crippen LogP contribution in [0.1, 0.15) is 28.5 Å². The average molecular weight is 543 g/mol. The van der Waals surface area contributed by atoms with Crippen LogP contribution in [0.5, 0.6) is 17.2 Å². The van der Waals surface area contributed by atoms with Gasteiger partial charge in [-0.25, -0.2) is 9.48 Å². The van der Waals surface area contributed by atoms with Crippen molar-refractivity contribution in [1.82, 2.24) is 15.1 Å². The van der Waals surface area contributed by atoms with Gasteiger partial charge in [0.2, 0.25) is 5.91 Å². The molecule has 1 N–H and O–H groups in total. The molecule has 0 saturated heterocycles. The van der Waals surface area contributed by atoms with Crippen molar-refractivity contribution in [3.8, 4) is 17.2 Å². The molecule has 38 heavy (non-hydrogen) atoms. The molecule has 4 rings (SSSR count). The molecule has 10 nitrogen and oxygen atoms in total. The first-order valence-electron chi connectivity index (χ1n) is 12.2. The van der Waals surface area contributed by atoms with E-state index in [-0.39, 0.29) is 24.8 Å². The minimum absolute atomic E-state index is 0.109. The van der Waals surface area contributed by atoms with Crippen molar-refractivity contribution in [3.63, 3.8) is 0 Å². The molecule has 1 aliphatic rings. The van der Waals surface area contributed by atoms with Crippen LogP contribution >= 0.6 is 11.6 Å². The van der Waals surface area contributed by atoms with Gasteiger partial charge in [0.15, 0.2) is 17.2 Å². The standard InChI is InChI=1S/C27H31ClN4O6/c1-5-37-27(34)24-18(25(28)32(30-24)15-17-9-7-6-8-10-17)11-12-29-19-16-38-21-14-23(36-4)22(35-3)13-20(21)31(2)26(19)33/h6-10,13-14,19,29H,5,11-12,15-16H2,1-4H3/t19-/m0/s1. The Balaban J connectivity index is 1.49. The number of ether oxygens (including phenoxy) is 4. The quantitative estimate of drug-likeness (QED) is 0.389. The molecule has 0 saturated carbocycles. The molecule has 0 unspecified atom stereocenters. The van der Waals surface area contributed by atoms with Crippen LogP contribution in [0.4, 0.5) is 5.69 Å². The monoisotopic (exact) mass is 542 g/mol. The Bertz CT molecular complexity index is 1300. The second kappa shape index (κ2) is 12.2. The summed E-state index contributed by atoms with van der Waals surface area (Å²) in [5, 5.41) is 8.04. The predicted molar refractivity (Wildman–Crippen MR) is 143 cm³/mol. The van der Waals surface area contributed by atoms with Gasteiger partial charge in [-0.2, -0.15) is 5.10 Å². The summed E-state index contributed by atoms with van der Waals surface area (Å²) in [5.41, 5.74) is 2.30. The molecule has 1 aliphatic heterocycles. The van der Waals surface area contributed by atoms with Crippen molar-refractivity contribution in [1.29, 1.82) is 0 Å². The molecule has 11 heteroatoms. The zero-order chi connectivity index (χ0) is 27.2. The number of carbonyl (C=O) groups excluding carboxylic acids is 2. The molecule has 0 radical (unpaired) electrons. The first kappa shape index (κ1) is 27.3. The van der Waals surface area contributed by atoms with Gasteiger partial charge in [0.05, 0.1) is 33.1 Å². The third kappa shape index (κ3) is 5.71. The second-order valence-corrected chi connectivity index (χ2v) is 8.98. The summed E-state index contributed by atoms with van der Waals surface area (Å²) in [5.74, 6) is 0.801. The highest BCUT2D eigenvalue weighted by Crippen LogP contribution is 2.40. The normalized spacial score (nSPS) is 14.9. The third-order valence-electron chi connectivity index (χ3n) is 6.25. The average Bonchev–Trinajstić information content (AvgIpc) is 3.18. The van der Waals surface area contributed by atoms with Crippen LogP contribution < -0.4 is 24.4 Å². The number of rotatable bonds is 10. The third-order valence-corrected chi connectivity index (χ3v) is 6.68. The van der Waals surface area contributed by atoms with Crippen LogP contribution in [0.2, 0.25) is 5.15 Å². The molecule has 2 aromatic carbocycles. The summed E-state index contributed by atoms with van der Waals surface area (Å²) < 4.78 is 23.5. The van der Waals surface area contributed by atoms with Gasteiger partial charge in [-0.05, 0) is 18.9 Å². The maximum absolute atomic E-state index is 13.2. The summed E-state index contributed by atoms with van der Waals surface area (Å²) >= 11 is 6.68. The first-order valence-corrected chi connectivity index (χ1v) is 12.6. The van der Waals surface area contributed by atoms with E-state index in [1.807, 2.05) is 30.3 Å². The number of benzene rings is 2. The number of amides is 1. The molecule has 202 valence electrons. The number of nitrogens with zero attached hydrogens (tertiary/aromatic N) is 3. The Hall–Kier alpha value is -3.76. The largest absolute Gasteiger partial charge is 0.493 e. The second-order valence-electron chi connectivity index (χ2n) is 8.62. The van der Waals surface area contributed by atoms with Crippen LogP contribution in [0.15, 0.2) is 42.5 Å². The highest BCUT2D eigenvalue weighted by Gasteiger charge is 2.31. The Kier molecular flexibility index (Phi) is 8.75. The fourth-order valence-corrected chi connectivity index (χ4v) is 4.55. The Labute approximate surface area is 226 Å². The lowest BCUT2D eigenvalue weighted by molar-refractivity contribution is -0.120. The van der Waals surface area contributed by atoms with E-state index in [1.165, 1.54) is 19.1 Å². The lowest BCUT2D eigenvalue weighted by atomic mass is 10.1. The number of nitrogens with one attached hydrogen (secondary N) is 1. The molecule has 0 aliphatic carbocycles. The first-order chi connectivity index (χ1) is 18.4. The van der Waals surface area contributed by atoms with Gasteiger partial charge in [0, 0.05) is 31.3 Å². The van der Waals surface area contributed by atoms with Crippen LogP contribution in [-0.2, 0) is 22.5 Å². The van der Waals surface area contributed by atoms with Crippen LogP contribution in [0.3, 0.4) is 0 Å². The number of anilines is 1. The number of likely N-dealkylation sites (N-methyl/N-ethyl adjacent to an activating group) is 1. The lowest BCUT2D eigenvalue weighted by Gasteiger charge is -2.21. The Morgan fingerprint density at radius 2 is 1.89 bits per heavy atom. The smallest absolute Gasteiger partial charge is 0.359 e. The Morgan fingerprint density at radius 3 is 2.58 bits per heavy atom. The van der Waals surface area contributed by atoms with Crippen molar-refractivity contribution in [2.45, 2.75) is 25.9 Å². The van der Waals surface area contributed by atoms with Crippen molar-refractivity contribution < 1.29 is 28.5 Å². The fraction of sp³-hybridized carbons (Fsp3) is 0.370. The zero-order valence-corrected chi connectivity index (χ0v) is 22.6. The number of hydrogen-bond donors (Lipinski definition) is 1. The van der Waals surface area contributed by atoms with Gasteiger partial charge >= 0.3 is 5.97 Å². The highest BCUT2D eigenvalue weighted by molar-refractivity contribution is 6.30. The number of aromatic nitrogens is 2. The summed E-state index contributed by atoms with van der Waals surface area (Å²) in [7, 11) is 4.75. The van der Waals surface area contributed by atoms with E-state index in [9.17, 15) is 9.59 Å². The number of halogens is 1. The molecule has 2 heterocycles.